The summed E-state index contributed by atoms with van der Waals surface area (Å²) >= 11 is 1.18. The average Bonchev–Trinajstić information content (AvgIpc) is 3.05. The number of thiophene rings is 1. The molecule has 1 saturated heterocycles. The molecule has 34 heavy (non-hydrogen) atoms. The molecule has 0 aliphatic carbocycles. The first kappa shape index (κ1) is 27.6. The summed E-state index contributed by atoms with van der Waals surface area (Å²) in [4.78, 5) is 15.4. The molecule has 3 rings (SSSR count). The number of alkyl halides is 2. The molecule has 1 fully saturated rings. The zero-order chi connectivity index (χ0) is 25.7. The largest absolute Gasteiger partial charge is 0.444 e. The third-order valence-corrected chi connectivity index (χ3v) is 13.4. The van der Waals surface area contributed by atoms with E-state index in [9.17, 15) is 13.6 Å². The lowest BCUT2D eigenvalue weighted by Crippen LogP contribution is -2.53. The summed E-state index contributed by atoms with van der Waals surface area (Å²) in [5.74, 6) is 0. The van der Waals surface area contributed by atoms with Crippen LogP contribution >= 0.6 is 11.3 Å². The highest BCUT2D eigenvalue weighted by Gasteiger charge is 2.48. The van der Waals surface area contributed by atoms with E-state index in [0.717, 1.165) is 10.4 Å². The van der Waals surface area contributed by atoms with Crippen molar-refractivity contribution < 1.29 is 27.5 Å². The fourth-order valence-electron chi connectivity index (χ4n) is 4.51. The molecule has 0 saturated carbocycles. The highest BCUT2D eigenvalue weighted by molar-refractivity contribution is 7.12. The highest BCUT2D eigenvalue weighted by Crippen LogP contribution is 2.51. The number of amides is 1. The molecular formula is C25H41F2NO4SSi. The Morgan fingerprint density at radius 2 is 1.91 bits per heavy atom. The van der Waals surface area contributed by atoms with E-state index >= 15 is 0 Å². The van der Waals surface area contributed by atoms with E-state index < -0.39 is 25.9 Å². The Balaban J connectivity index is 1.89. The monoisotopic (exact) mass is 517 g/mol. The van der Waals surface area contributed by atoms with Gasteiger partial charge in [-0.1, -0.05) is 20.8 Å². The molecule has 1 spiro atoms. The summed E-state index contributed by atoms with van der Waals surface area (Å²) in [6.45, 7) is 19.4. The lowest BCUT2D eigenvalue weighted by molar-refractivity contribution is -0.108. The summed E-state index contributed by atoms with van der Waals surface area (Å²) in [7, 11) is -2.09. The molecule has 5 nitrogen and oxygen atoms in total. The molecule has 1 aromatic heterocycles. The van der Waals surface area contributed by atoms with Crippen LogP contribution in [0.5, 0.6) is 0 Å². The van der Waals surface area contributed by atoms with Crippen molar-refractivity contribution in [2.24, 2.45) is 0 Å². The Kier molecular flexibility index (Phi) is 7.65. The molecule has 3 heterocycles. The molecule has 2 aliphatic heterocycles. The molecule has 194 valence electrons. The molecule has 0 N–H and O–H groups in total. The Labute approximate surface area is 208 Å². The van der Waals surface area contributed by atoms with Crippen molar-refractivity contribution in [2.75, 3.05) is 13.2 Å². The number of fused-ring (bicyclic) bond motifs is 2. The van der Waals surface area contributed by atoms with Gasteiger partial charge in [0, 0.05) is 23.9 Å². The quantitative estimate of drug-likeness (QED) is 0.391. The molecule has 0 unspecified atom stereocenters. The van der Waals surface area contributed by atoms with Crippen molar-refractivity contribution in [1.82, 2.24) is 4.90 Å². The van der Waals surface area contributed by atoms with E-state index in [-0.39, 0.29) is 28.7 Å². The lowest BCUT2D eigenvalue weighted by Gasteiger charge is -2.47. The Bertz CT molecular complexity index is 906. The van der Waals surface area contributed by atoms with Gasteiger partial charge in [-0.2, -0.15) is 0 Å². The van der Waals surface area contributed by atoms with Crippen LogP contribution in [-0.4, -0.2) is 44.1 Å². The molecule has 0 aromatic carbocycles. The second-order valence-electron chi connectivity index (χ2n) is 12.2. The Hall–Kier alpha value is -1.03. The first-order chi connectivity index (χ1) is 15.5. The van der Waals surface area contributed by atoms with Gasteiger partial charge < -0.3 is 18.8 Å². The second-order valence-corrected chi connectivity index (χ2v) is 18.0. The van der Waals surface area contributed by atoms with Gasteiger partial charge in [0.25, 0.3) is 6.43 Å². The first-order valence-electron chi connectivity index (χ1n) is 12.2. The minimum Gasteiger partial charge on any atom is -0.444 e. The summed E-state index contributed by atoms with van der Waals surface area (Å²) in [5, 5.41) is 0.00232. The SMILES string of the molecule is C[C@H]1C[C@@]2(CCN1C(=O)OC(C)(C)C)OCCc1c2sc(C(F)F)c1CO[Si](C)(C)C(C)(C)C. The number of ether oxygens (including phenoxy) is 2. The zero-order valence-corrected chi connectivity index (χ0v) is 24.0. The van der Waals surface area contributed by atoms with Gasteiger partial charge in [-0.05, 0) is 69.8 Å². The van der Waals surface area contributed by atoms with Crippen molar-refractivity contribution in [2.45, 2.75) is 116 Å². The van der Waals surface area contributed by atoms with Crippen molar-refractivity contribution in [3.05, 3.63) is 20.9 Å². The number of nitrogens with zero attached hydrogens (tertiary/aromatic N) is 1. The third kappa shape index (κ3) is 5.52. The predicted molar refractivity (Wildman–Crippen MR) is 134 cm³/mol. The Morgan fingerprint density at radius 3 is 2.44 bits per heavy atom. The van der Waals surface area contributed by atoms with Crippen molar-refractivity contribution in [3.8, 4) is 0 Å². The maximum atomic E-state index is 14.2. The van der Waals surface area contributed by atoms with Crippen LogP contribution in [0.1, 0.15) is 88.6 Å². The van der Waals surface area contributed by atoms with Crippen molar-refractivity contribution in [3.63, 3.8) is 0 Å². The summed E-state index contributed by atoms with van der Waals surface area (Å²) in [6, 6.07) is -0.126. The van der Waals surface area contributed by atoms with Crippen molar-refractivity contribution in [1.29, 1.82) is 0 Å². The highest BCUT2D eigenvalue weighted by atomic mass is 32.1. The standard InChI is InChI=1S/C25H41F2NO4SSi/c1-16-14-25(11-12-28(16)22(29)32-23(2,3)4)20-17(10-13-30-25)18(19(33-20)21(26)27)15-31-34(8,9)24(5,6)7/h16,21H,10-15H2,1-9H3/t16-,25+/m0/s1. The molecular weight excluding hydrogens is 476 g/mol. The van der Waals surface area contributed by atoms with E-state index in [0.29, 0.717) is 38.0 Å². The molecule has 0 bridgehead atoms. The molecule has 0 radical (unpaired) electrons. The number of carbonyl (C=O) groups excluding carboxylic acids is 1. The molecule has 1 aromatic rings. The zero-order valence-electron chi connectivity index (χ0n) is 22.1. The van der Waals surface area contributed by atoms with Crippen LogP contribution in [0.15, 0.2) is 0 Å². The van der Waals surface area contributed by atoms with Crippen LogP contribution in [0.3, 0.4) is 0 Å². The van der Waals surface area contributed by atoms with Gasteiger partial charge in [0.1, 0.15) is 11.2 Å². The van der Waals surface area contributed by atoms with E-state index in [4.69, 9.17) is 13.9 Å². The van der Waals surface area contributed by atoms with Gasteiger partial charge >= 0.3 is 6.09 Å². The maximum Gasteiger partial charge on any atom is 0.410 e. The number of hydrogen-bond acceptors (Lipinski definition) is 5. The number of likely N-dealkylation sites (tertiary alicyclic amines) is 1. The van der Waals surface area contributed by atoms with E-state index in [1.807, 2.05) is 27.7 Å². The summed E-state index contributed by atoms with van der Waals surface area (Å²) in [5.41, 5.74) is 0.418. The van der Waals surface area contributed by atoms with E-state index in [1.165, 1.54) is 11.3 Å². The number of carbonyl (C=O) groups is 1. The van der Waals surface area contributed by atoms with Crippen LogP contribution in [0.4, 0.5) is 13.6 Å². The number of halogens is 2. The third-order valence-electron chi connectivity index (χ3n) is 7.42. The van der Waals surface area contributed by atoms with Crippen molar-refractivity contribution >= 4 is 25.7 Å². The van der Waals surface area contributed by atoms with Crippen LogP contribution in [-0.2, 0) is 32.5 Å². The normalized spacial score (nSPS) is 24.0. The van der Waals surface area contributed by atoms with Gasteiger partial charge in [-0.15, -0.1) is 11.3 Å². The summed E-state index contributed by atoms with van der Waals surface area (Å²) < 4.78 is 46.7. The number of piperidine rings is 1. The number of hydrogen-bond donors (Lipinski definition) is 0. The lowest BCUT2D eigenvalue weighted by atomic mass is 9.81. The van der Waals surface area contributed by atoms with Gasteiger partial charge in [0.05, 0.1) is 18.1 Å². The van der Waals surface area contributed by atoms with Crippen LogP contribution in [0.2, 0.25) is 18.1 Å². The predicted octanol–water partition coefficient (Wildman–Crippen LogP) is 7.39. The Morgan fingerprint density at radius 1 is 1.26 bits per heavy atom. The second kappa shape index (κ2) is 9.45. The first-order valence-corrected chi connectivity index (χ1v) is 15.9. The van der Waals surface area contributed by atoms with Gasteiger partial charge in [-0.3, -0.25) is 0 Å². The number of rotatable bonds is 4. The maximum absolute atomic E-state index is 14.2. The molecule has 1 amide bonds. The van der Waals surface area contributed by atoms with E-state index in [2.05, 4.69) is 33.9 Å². The van der Waals surface area contributed by atoms with Gasteiger partial charge in [-0.25, -0.2) is 13.6 Å². The minimum atomic E-state index is -2.55. The molecule has 9 heteroatoms. The fraction of sp³-hybridized carbons (Fsp3) is 0.800. The molecule has 2 atom stereocenters. The van der Waals surface area contributed by atoms with Crippen LogP contribution < -0.4 is 0 Å². The summed E-state index contributed by atoms with van der Waals surface area (Å²) in [6.07, 6.45) is -1.15. The van der Waals surface area contributed by atoms with Crippen LogP contribution in [0.25, 0.3) is 0 Å². The van der Waals surface area contributed by atoms with Gasteiger partial charge in [0.15, 0.2) is 8.32 Å². The van der Waals surface area contributed by atoms with E-state index in [1.54, 1.807) is 4.90 Å². The smallest absolute Gasteiger partial charge is 0.410 e. The molecule has 2 aliphatic rings. The minimum absolute atomic E-state index is 0.00232. The fourth-order valence-corrected chi connectivity index (χ4v) is 6.84. The average molecular weight is 518 g/mol. The van der Waals surface area contributed by atoms with Crippen LogP contribution in [0, 0.1) is 0 Å². The van der Waals surface area contributed by atoms with Gasteiger partial charge in [0.2, 0.25) is 0 Å². The topological polar surface area (TPSA) is 48.0 Å².